The Morgan fingerprint density at radius 3 is 1.25 bits per heavy atom. The van der Waals surface area contributed by atoms with Gasteiger partial charge in [0.25, 0.3) is 5.91 Å². The zero-order chi connectivity index (χ0) is 81.7. The molecule has 0 bridgehead atoms. The third-order valence-electron chi connectivity index (χ3n) is 18.3. The Balaban J connectivity index is 1.54. The Morgan fingerprint density at radius 2 is 0.838 bits per heavy atom. The number of carbonyl (C=O) groups is 13. The molecular formula is C76H114N12O23. The average molecular weight is 1560 g/mol. The van der Waals surface area contributed by atoms with Gasteiger partial charge in [0.2, 0.25) is 29.6 Å². The summed E-state index contributed by atoms with van der Waals surface area (Å²) in [7, 11) is 1.76. The molecule has 0 aliphatic carbocycles. The molecule has 2 aliphatic heterocycles. The number of hydrogen-bond donors (Lipinski definition) is 7. The predicted molar refractivity (Wildman–Crippen MR) is 400 cm³/mol. The second-order valence-electron chi connectivity index (χ2n) is 27.8. The van der Waals surface area contributed by atoms with Gasteiger partial charge in [-0.25, -0.2) is 9.97 Å². The lowest BCUT2D eigenvalue weighted by atomic mass is 9.96. The topological polar surface area (TPSA) is 481 Å². The zero-order valence-corrected chi connectivity index (χ0v) is 65.8. The van der Waals surface area contributed by atoms with Crippen molar-refractivity contribution in [1.82, 2.24) is 46.5 Å². The van der Waals surface area contributed by atoms with Gasteiger partial charge in [0.05, 0.1) is 18.4 Å². The molecule has 13 atom stereocenters. The van der Waals surface area contributed by atoms with Crippen molar-refractivity contribution in [3.8, 4) is 0 Å². The lowest BCUT2D eigenvalue weighted by Gasteiger charge is -2.44. The van der Waals surface area contributed by atoms with Crippen molar-refractivity contribution in [2.24, 2.45) is 0 Å². The number of nitrogens with zero attached hydrogens (tertiary/aromatic N) is 5. The zero-order valence-electron chi connectivity index (χ0n) is 65.8. The first-order valence-corrected chi connectivity index (χ1v) is 38.4. The fraction of sp³-hybridized carbons (Fsp3) is 0.671. The number of amides is 5. The van der Waals surface area contributed by atoms with E-state index in [4.69, 9.17) is 58.8 Å². The molecule has 0 saturated carbocycles. The van der Waals surface area contributed by atoms with Crippen molar-refractivity contribution in [3.63, 3.8) is 0 Å². The van der Waals surface area contributed by atoms with Crippen LogP contribution in [0.2, 0.25) is 0 Å². The van der Waals surface area contributed by atoms with Gasteiger partial charge in [0.1, 0.15) is 43.5 Å². The van der Waals surface area contributed by atoms with Gasteiger partial charge in [-0.1, -0.05) is 142 Å². The quantitative estimate of drug-likeness (QED) is 0.0191. The maximum Gasteiger partial charge on any atom is 0.303 e. The molecule has 2 aliphatic rings. The molecule has 1 aromatic carbocycles. The third kappa shape index (κ3) is 32.5. The molecule has 4 unspecified atom stereocenters. The molecule has 5 rings (SSSR count). The highest BCUT2D eigenvalue weighted by Gasteiger charge is 2.55. The average Bonchev–Trinajstić information content (AvgIpc) is 0.787. The van der Waals surface area contributed by atoms with Crippen LogP contribution >= 0.6 is 0 Å². The number of anilines is 3. The first-order valence-electron chi connectivity index (χ1n) is 38.4. The normalized spacial score (nSPS) is 20.1. The van der Waals surface area contributed by atoms with Gasteiger partial charge in [-0.15, -0.1) is 0 Å². The van der Waals surface area contributed by atoms with Crippen molar-refractivity contribution in [3.05, 3.63) is 41.7 Å². The van der Waals surface area contributed by atoms with Crippen LogP contribution in [0, 0.1) is 0 Å². The van der Waals surface area contributed by atoms with Crippen LogP contribution in [0.1, 0.15) is 239 Å². The standard InChI is InChI=1S/C76H114N12O23/c1-12-14-16-18-20-22-24-26-28-30-32-55(72(100)86-74-66(108-50(9)95)64(106-48(7)93)62(104-46(5)91)58(110-74)42-102-44(3)89)81-60(97)39-38-57(82-70(98)52-34-36-54(37-35-52)88(11)41-53-40-79-69-61(80-53)68(77)84-76(78)85-69)71(99)83-56(33-31-29-27-25-23-21-19-17-15-13-2)73(101)87-75-67(109-51(10)96)65(107-49(8)94)63(105-47(6)92)59(111-75)43-103-45(4)90/h34-37,40,55-59,62-67,74-75H,12-33,38-39,41-43H2,1-11H3,(H,81,97)(H,82,98)(H,83,99)(H,86,100)(H,87,101)(H4,77,78,79,84,85)/t55?,56?,57-,58+,59+,62+,63+,64-,65-,66+,67+,74?,75?/m0/s1. The molecule has 2 fully saturated rings. The number of aromatic nitrogens is 4. The Kier molecular flexibility index (Phi) is 39.6. The summed E-state index contributed by atoms with van der Waals surface area (Å²) in [6.07, 6.45) is 2.41. The van der Waals surface area contributed by atoms with Crippen LogP contribution in [0.25, 0.3) is 11.2 Å². The number of nitrogens with one attached hydrogen (secondary N) is 5. The largest absolute Gasteiger partial charge is 0.463 e. The fourth-order valence-corrected chi connectivity index (χ4v) is 13.0. The number of carbonyl (C=O) groups excluding carboxylic acids is 13. The van der Waals surface area contributed by atoms with E-state index in [1.54, 1.807) is 24.1 Å². The number of ether oxygens (including phenoxy) is 10. The van der Waals surface area contributed by atoms with Crippen LogP contribution < -0.4 is 43.0 Å². The van der Waals surface area contributed by atoms with Gasteiger partial charge in [-0.2, -0.15) is 9.97 Å². The van der Waals surface area contributed by atoms with E-state index in [1.165, 1.54) is 18.3 Å². The summed E-state index contributed by atoms with van der Waals surface area (Å²) in [6.45, 7) is 11.7. The summed E-state index contributed by atoms with van der Waals surface area (Å²) in [6, 6.07) is 1.69. The van der Waals surface area contributed by atoms with Crippen molar-refractivity contribution in [2.45, 2.75) is 309 Å². The van der Waals surface area contributed by atoms with Gasteiger partial charge in [-0.05, 0) is 43.5 Å². The maximum atomic E-state index is 15.3. The number of unbranched alkanes of at least 4 members (excludes halogenated alkanes) is 18. The Morgan fingerprint density at radius 1 is 0.450 bits per heavy atom. The van der Waals surface area contributed by atoms with Crippen LogP contribution in [0.3, 0.4) is 0 Å². The number of nitrogen functional groups attached to an aromatic ring is 2. The van der Waals surface area contributed by atoms with E-state index in [2.05, 4.69) is 60.4 Å². The van der Waals surface area contributed by atoms with Crippen LogP contribution in [0.5, 0.6) is 0 Å². The molecular weight excluding hydrogens is 1450 g/mol. The molecule has 4 heterocycles. The van der Waals surface area contributed by atoms with E-state index in [-0.39, 0.29) is 47.9 Å². The van der Waals surface area contributed by atoms with E-state index >= 15 is 9.59 Å². The van der Waals surface area contributed by atoms with Crippen molar-refractivity contribution < 1.29 is 110 Å². The minimum absolute atomic E-state index is 0.00922. The van der Waals surface area contributed by atoms with Crippen LogP contribution in [-0.4, -0.2) is 197 Å². The summed E-state index contributed by atoms with van der Waals surface area (Å²) in [4.78, 5) is 194. The third-order valence-corrected chi connectivity index (χ3v) is 18.3. The number of rotatable bonds is 47. The van der Waals surface area contributed by atoms with E-state index in [0.717, 1.165) is 158 Å². The van der Waals surface area contributed by atoms with Crippen LogP contribution in [0.15, 0.2) is 30.5 Å². The predicted octanol–water partition coefficient (Wildman–Crippen LogP) is 6.09. The minimum atomic E-state index is -1.75. The maximum absolute atomic E-state index is 15.3. The van der Waals surface area contributed by atoms with Crippen molar-refractivity contribution in [2.75, 3.05) is 36.6 Å². The summed E-state index contributed by atoms with van der Waals surface area (Å²) in [5, 5.41) is 13.6. The molecule has 3 aromatic rings. The Labute approximate surface area is 647 Å². The van der Waals surface area contributed by atoms with Crippen LogP contribution in [-0.2, 0) is 111 Å². The number of hydrogen-bond acceptors (Lipinski definition) is 30. The smallest absolute Gasteiger partial charge is 0.303 e. The molecule has 35 nitrogen and oxygen atoms in total. The number of nitrogens with two attached hydrogens (primary N) is 2. The molecule has 0 spiro atoms. The molecule has 0 radical (unpaired) electrons. The first kappa shape index (κ1) is 91.7. The van der Waals surface area contributed by atoms with Gasteiger partial charge in [0.15, 0.2) is 66.1 Å². The lowest BCUT2D eigenvalue weighted by Crippen LogP contribution is -2.67. The second-order valence-corrected chi connectivity index (χ2v) is 27.8. The monoisotopic (exact) mass is 1560 g/mol. The molecule has 35 heteroatoms. The Bertz CT molecular complexity index is 3590. The van der Waals surface area contributed by atoms with Gasteiger partial charge < -0.3 is 90.3 Å². The molecule has 111 heavy (non-hydrogen) atoms. The molecule has 2 saturated heterocycles. The van der Waals surface area contributed by atoms with Crippen molar-refractivity contribution >= 4 is 106 Å². The highest BCUT2D eigenvalue weighted by Crippen LogP contribution is 2.32. The summed E-state index contributed by atoms with van der Waals surface area (Å²) in [5.74, 6) is -11.5. The van der Waals surface area contributed by atoms with Crippen LogP contribution in [0.4, 0.5) is 17.5 Å². The number of fused-ring (bicyclic) bond motifs is 1. The first-order chi connectivity index (χ1) is 52.9. The molecule has 616 valence electrons. The summed E-state index contributed by atoms with van der Waals surface area (Å²) in [5.41, 5.74) is 13.4. The lowest BCUT2D eigenvalue weighted by molar-refractivity contribution is -0.257. The SMILES string of the molecule is CCCCCCCCCCCCC(NC(=O)CC[C@H](NC(=O)c1ccc(N(C)Cc2cnc3nc(N)nc(N)c3n2)cc1)C(=O)NC(CCCCCCCCCCCC)C(=O)NC1O[C@H](COC(C)=O)[C@@H](OC(C)=O)[C@H](OC(C)=O)[C@H]1OC(C)=O)C(=O)NC1O[C@H](COC(C)=O)[C@@H](OC(C)=O)[C@H](OC(C)=O)[C@H]1OC(C)=O. The van der Waals surface area contributed by atoms with Crippen molar-refractivity contribution in [1.29, 1.82) is 0 Å². The number of benzene rings is 1. The second kappa shape index (κ2) is 48.0. The highest BCUT2D eigenvalue weighted by atomic mass is 16.7. The number of esters is 8. The van der Waals surface area contributed by atoms with E-state index in [1.807, 2.05) is 0 Å². The van der Waals surface area contributed by atoms with E-state index < -0.39 is 183 Å². The van der Waals surface area contributed by atoms with E-state index in [0.29, 0.717) is 37.1 Å². The van der Waals surface area contributed by atoms with Gasteiger partial charge >= 0.3 is 47.8 Å². The van der Waals surface area contributed by atoms with Gasteiger partial charge in [0, 0.05) is 80.1 Å². The summed E-state index contributed by atoms with van der Waals surface area (Å²) < 4.78 is 56.5. The molecule has 2 aromatic heterocycles. The molecule has 9 N–H and O–H groups in total. The molecule has 5 amide bonds. The minimum Gasteiger partial charge on any atom is -0.463 e. The van der Waals surface area contributed by atoms with E-state index in [9.17, 15) is 52.7 Å². The summed E-state index contributed by atoms with van der Waals surface area (Å²) >= 11 is 0. The highest BCUT2D eigenvalue weighted by molar-refractivity contribution is 5.99. The fourth-order valence-electron chi connectivity index (χ4n) is 13.0. The Hall–Kier alpha value is -9.93. The van der Waals surface area contributed by atoms with Gasteiger partial charge in [-0.3, -0.25) is 62.3 Å².